The van der Waals surface area contributed by atoms with Gasteiger partial charge in [-0.2, -0.15) is 5.10 Å². The maximum atomic E-state index is 6.40. The highest BCUT2D eigenvalue weighted by Gasteiger charge is 2.18. The van der Waals surface area contributed by atoms with E-state index in [2.05, 4.69) is 38.1 Å². The standard InChI is InChI=1S/C14H26ClN3/c1-6-12-14(15)13(18(5)17-12)9-11(16-7-2)8-10(3)4/h10-11,16H,6-9H2,1-5H3. The Morgan fingerprint density at radius 3 is 2.44 bits per heavy atom. The van der Waals surface area contributed by atoms with Crippen LogP contribution in [0.1, 0.15) is 45.5 Å². The van der Waals surface area contributed by atoms with Crippen molar-refractivity contribution < 1.29 is 0 Å². The van der Waals surface area contributed by atoms with Gasteiger partial charge in [-0.15, -0.1) is 0 Å². The molecule has 0 radical (unpaired) electrons. The molecular weight excluding hydrogens is 246 g/mol. The fourth-order valence-corrected chi connectivity index (χ4v) is 2.74. The number of rotatable bonds is 7. The number of aromatic nitrogens is 2. The number of likely N-dealkylation sites (N-methyl/N-ethyl adjacent to an activating group) is 1. The van der Waals surface area contributed by atoms with Crippen molar-refractivity contribution in [1.82, 2.24) is 15.1 Å². The third kappa shape index (κ3) is 3.99. The summed E-state index contributed by atoms with van der Waals surface area (Å²) in [5.41, 5.74) is 2.16. The van der Waals surface area contributed by atoms with E-state index in [1.807, 2.05) is 11.7 Å². The van der Waals surface area contributed by atoms with Gasteiger partial charge in [-0.1, -0.05) is 39.3 Å². The summed E-state index contributed by atoms with van der Waals surface area (Å²) in [4.78, 5) is 0. The van der Waals surface area contributed by atoms with Crippen molar-refractivity contribution in [2.75, 3.05) is 6.54 Å². The van der Waals surface area contributed by atoms with Crippen LogP contribution in [0.15, 0.2) is 0 Å². The molecule has 4 heteroatoms. The second-order valence-electron chi connectivity index (χ2n) is 5.27. The number of aryl methyl sites for hydroxylation is 2. The fraction of sp³-hybridized carbons (Fsp3) is 0.786. The maximum absolute atomic E-state index is 6.40. The second-order valence-corrected chi connectivity index (χ2v) is 5.65. The fourth-order valence-electron chi connectivity index (χ4n) is 2.37. The smallest absolute Gasteiger partial charge is 0.0850 e. The summed E-state index contributed by atoms with van der Waals surface area (Å²) in [6.45, 7) is 9.75. The summed E-state index contributed by atoms with van der Waals surface area (Å²) in [5.74, 6) is 0.687. The van der Waals surface area contributed by atoms with Crippen molar-refractivity contribution >= 4 is 11.6 Å². The molecule has 1 unspecified atom stereocenters. The topological polar surface area (TPSA) is 29.9 Å². The SMILES string of the molecule is CCNC(Cc1c(Cl)c(CC)nn1C)CC(C)C. The Kier molecular flexibility index (Phi) is 6.16. The number of hydrogen-bond donors (Lipinski definition) is 1. The molecule has 1 N–H and O–H groups in total. The normalized spacial score (nSPS) is 13.3. The molecule has 1 rings (SSSR count). The van der Waals surface area contributed by atoms with Crippen molar-refractivity contribution in [2.24, 2.45) is 13.0 Å². The van der Waals surface area contributed by atoms with Crippen LogP contribution in [0, 0.1) is 5.92 Å². The molecule has 1 atom stereocenters. The molecule has 1 heterocycles. The van der Waals surface area contributed by atoms with Crippen LogP contribution >= 0.6 is 11.6 Å². The molecule has 104 valence electrons. The molecule has 3 nitrogen and oxygen atoms in total. The van der Waals surface area contributed by atoms with Gasteiger partial charge in [0.05, 0.1) is 16.4 Å². The molecular formula is C14H26ClN3. The van der Waals surface area contributed by atoms with Gasteiger partial charge in [0.1, 0.15) is 0 Å². The van der Waals surface area contributed by atoms with Crippen LogP contribution in [0.25, 0.3) is 0 Å². The summed E-state index contributed by atoms with van der Waals surface area (Å²) < 4.78 is 1.94. The summed E-state index contributed by atoms with van der Waals surface area (Å²) in [6.07, 6.45) is 3.01. The van der Waals surface area contributed by atoms with Gasteiger partial charge in [-0.05, 0) is 25.3 Å². The zero-order valence-electron chi connectivity index (χ0n) is 12.3. The van der Waals surface area contributed by atoms with Crippen molar-refractivity contribution in [3.05, 3.63) is 16.4 Å². The molecule has 0 aromatic carbocycles. The first-order chi connectivity index (χ1) is 8.49. The molecule has 0 amide bonds. The third-order valence-corrected chi connectivity index (χ3v) is 3.63. The second kappa shape index (κ2) is 7.15. The van der Waals surface area contributed by atoms with E-state index in [0.717, 1.165) is 42.2 Å². The summed E-state index contributed by atoms with van der Waals surface area (Å²) >= 11 is 6.40. The minimum Gasteiger partial charge on any atom is -0.314 e. The van der Waals surface area contributed by atoms with Crippen molar-refractivity contribution in [3.8, 4) is 0 Å². The Morgan fingerprint density at radius 2 is 2.00 bits per heavy atom. The average molecular weight is 272 g/mol. The van der Waals surface area contributed by atoms with Crippen molar-refractivity contribution in [2.45, 2.75) is 53.0 Å². The van der Waals surface area contributed by atoms with Crippen LogP contribution < -0.4 is 5.32 Å². The van der Waals surface area contributed by atoms with Crippen LogP contribution in [0.3, 0.4) is 0 Å². The molecule has 0 fully saturated rings. The molecule has 1 aromatic rings. The van der Waals surface area contributed by atoms with E-state index in [1.54, 1.807) is 0 Å². The van der Waals surface area contributed by atoms with Gasteiger partial charge in [0.15, 0.2) is 0 Å². The van der Waals surface area contributed by atoms with Crippen LogP contribution in [0.2, 0.25) is 5.02 Å². The van der Waals surface area contributed by atoms with Gasteiger partial charge in [0, 0.05) is 19.5 Å². The lowest BCUT2D eigenvalue weighted by molar-refractivity contribution is 0.416. The predicted octanol–water partition coefficient (Wildman–Crippen LogP) is 3.20. The molecule has 0 saturated carbocycles. The van der Waals surface area contributed by atoms with Crippen LogP contribution in [0.5, 0.6) is 0 Å². The molecule has 0 aliphatic rings. The van der Waals surface area contributed by atoms with Gasteiger partial charge in [0.2, 0.25) is 0 Å². The molecule has 1 aromatic heterocycles. The van der Waals surface area contributed by atoms with E-state index in [4.69, 9.17) is 11.6 Å². The lowest BCUT2D eigenvalue weighted by Gasteiger charge is -2.20. The Balaban J connectivity index is 2.82. The molecule has 0 bridgehead atoms. The minimum atomic E-state index is 0.479. The minimum absolute atomic E-state index is 0.479. The highest BCUT2D eigenvalue weighted by Crippen LogP contribution is 2.23. The Bertz CT molecular complexity index is 371. The van der Waals surface area contributed by atoms with Crippen molar-refractivity contribution in [3.63, 3.8) is 0 Å². The van der Waals surface area contributed by atoms with Gasteiger partial charge < -0.3 is 5.32 Å². The molecule has 0 saturated heterocycles. The Labute approximate surface area is 116 Å². The Morgan fingerprint density at radius 1 is 1.33 bits per heavy atom. The maximum Gasteiger partial charge on any atom is 0.0850 e. The summed E-state index contributed by atoms with van der Waals surface area (Å²) in [7, 11) is 1.98. The van der Waals surface area contributed by atoms with Gasteiger partial charge >= 0.3 is 0 Å². The predicted molar refractivity (Wildman–Crippen MR) is 78.2 cm³/mol. The van der Waals surface area contributed by atoms with Crippen LogP contribution in [0.4, 0.5) is 0 Å². The van der Waals surface area contributed by atoms with E-state index in [-0.39, 0.29) is 0 Å². The number of halogens is 1. The van der Waals surface area contributed by atoms with Crippen molar-refractivity contribution in [1.29, 1.82) is 0 Å². The third-order valence-electron chi connectivity index (χ3n) is 3.19. The lowest BCUT2D eigenvalue weighted by atomic mass is 9.99. The first kappa shape index (κ1) is 15.5. The van der Waals surface area contributed by atoms with E-state index in [9.17, 15) is 0 Å². The highest BCUT2D eigenvalue weighted by atomic mass is 35.5. The van der Waals surface area contributed by atoms with E-state index in [1.165, 1.54) is 0 Å². The number of nitrogens with one attached hydrogen (secondary N) is 1. The van der Waals surface area contributed by atoms with E-state index < -0.39 is 0 Å². The molecule has 0 aliphatic carbocycles. The lowest BCUT2D eigenvalue weighted by Crippen LogP contribution is -2.33. The molecule has 0 spiro atoms. The highest BCUT2D eigenvalue weighted by molar-refractivity contribution is 6.31. The zero-order valence-corrected chi connectivity index (χ0v) is 13.0. The first-order valence-electron chi connectivity index (χ1n) is 6.93. The number of nitrogens with zero attached hydrogens (tertiary/aromatic N) is 2. The van der Waals surface area contributed by atoms with Gasteiger partial charge in [-0.25, -0.2) is 0 Å². The summed E-state index contributed by atoms with van der Waals surface area (Å²) in [6, 6.07) is 0.479. The first-order valence-corrected chi connectivity index (χ1v) is 7.30. The molecule has 18 heavy (non-hydrogen) atoms. The van der Waals surface area contributed by atoms with E-state index in [0.29, 0.717) is 12.0 Å². The molecule has 0 aliphatic heterocycles. The Hall–Kier alpha value is -0.540. The quantitative estimate of drug-likeness (QED) is 0.825. The van der Waals surface area contributed by atoms with Gasteiger partial charge in [0.25, 0.3) is 0 Å². The van der Waals surface area contributed by atoms with E-state index >= 15 is 0 Å². The monoisotopic (exact) mass is 271 g/mol. The van der Waals surface area contributed by atoms with Gasteiger partial charge in [-0.3, -0.25) is 4.68 Å². The number of hydrogen-bond acceptors (Lipinski definition) is 2. The average Bonchev–Trinajstić information content (AvgIpc) is 2.56. The summed E-state index contributed by atoms with van der Waals surface area (Å²) in [5, 5.41) is 8.88. The van der Waals surface area contributed by atoms with Crippen LogP contribution in [-0.4, -0.2) is 22.4 Å². The van der Waals surface area contributed by atoms with Crippen LogP contribution in [-0.2, 0) is 19.9 Å². The largest absolute Gasteiger partial charge is 0.314 e. The zero-order chi connectivity index (χ0) is 13.7.